The van der Waals surface area contributed by atoms with Gasteiger partial charge in [0, 0.05) is 32.0 Å². The van der Waals surface area contributed by atoms with Crippen molar-refractivity contribution in [3.63, 3.8) is 0 Å². The van der Waals surface area contributed by atoms with Crippen LogP contribution in [0.25, 0.3) is 0 Å². The maximum Gasteiger partial charge on any atom is 0.246 e. The number of carbonyl (C=O) groups excluding carboxylic acids is 3. The van der Waals surface area contributed by atoms with Crippen LogP contribution in [0.5, 0.6) is 0 Å². The standard InChI is InChI=1S/C31H43N3O5/c1-18(2)21-10-12-22(13-11-21)32-28(35)25-24-14-15-31(39-24)26(25)30(37)34(16-7-17-38-5)27(31)29(36)33-23-9-6-8-19(3)20(23)4/h10-15,18-20,23-27H,6-9,16-17H2,1-5H3,(H,32,35)(H,33,36)/t19-,20-,23-,24-,25-,26-,27+,31+/m1/s1. The third-order valence-electron chi connectivity index (χ3n) is 9.55. The zero-order valence-corrected chi connectivity index (χ0v) is 23.8. The van der Waals surface area contributed by atoms with Crippen molar-refractivity contribution in [1.29, 1.82) is 0 Å². The van der Waals surface area contributed by atoms with Gasteiger partial charge in [-0.05, 0) is 48.3 Å². The van der Waals surface area contributed by atoms with E-state index in [1.165, 1.54) is 5.56 Å². The quantitative estimate of drug-likeness (QED) is 0.368. The van der Waals surface area contributed by atoms with E-state index >= 15 is 0 Å². The molecule has 1 aromatic rings. The number of rotatable bonds is 9. The number of nitrogens with one attached hydrogen (secondary N) is 2. The highest BCUT2D eigenvalue weighted by Crippen LogP contribution is 2.55. The van der Waals surface area contributed by atoms with Gasteiger partial charge in [-0.25, -0.2) is 0 Å². The Hall–Kier alpha value is -2.71. The van der Waals surface area contributed by atoms with E-state index in [-0.39, 0.29) is 23.8 Å². The minimum absolute atomic E-state index is 0.0584. The van der Waals surface area contributed by atoms with Crippen molar-refractivity contribution < 1.29 is 23.9 Å². The number of likely N-dealkylation sites (tertiary alicyclic amines) is 1. The molecule has 39 heavy (non-hydrogen) atoms. The zero-order chi connectivity index (χ0) is 27.9. The number of fused-ring (bicyclic) bond motifs is 1. The first-order valence-electron chi connectivity index (χ1n) is 14.6. The number of amides is 3. The Morgan fingerprint density at radius 1 is 1.15 bits per heavy atom. The molecule has 2 N–H and O–H groups in total. The van der Waals surface area contributed by atoms with Gasteiger partial charge in [-0.2, -0.15) is 0 Å². The summed E-state index contributed by atoms with van der Waals surface area (Å²) in [6.45, 7) is 9.51. The van der Waals surface area contributed by atoms with E-state index < -0.39 is 29.6 Å². The Morgan fingerprint density at radius 3 is 2.59 bits per heavy atom. The van der Waals surface area contributed by atoms with E-state index in [2.05, 4.69) is 38.3 Å². The number of ether oxygens (including phenoxy) is 2. The minimum atomic E-state index is -1.15. The number of hydrogen-bond donors (Lipinski definition) is 2. The van der Waals surface area contributed by atoms with Gasteiger partial charge < -0.3 is 25.0 Å². The van der Waals surface area contributed by atoms with Crippen molar-refractivity contribution in [3.8, 4) is 0 Å². The number of nitrogens with zero attached hydrogens (tertiary/aromatic N) is 1. The van der Waals surface area contributed by atoms with Crippen LogP contribution in [0.4, 0.5) is 5.69 Å². The lowest BCUT2D eigenvalue weighted by molar-refractivity contribution is -0.141. The Morgan fingerprint density at radius 2 is 1.90 bits per heavy atom. The molecule has 8 atom stereocenters. The molecule has 1 spiro atoms. The van der Waals surface area contributed by atoms with Gasteiger partial charge in [-0.3, -0.25) is 14.4 Å². The third kappa shape index (κ3) is 4.91. The summed E-state index contributed by atoms with van der Waals surface area (Å²) < 4.78 is 11.7. The summed E-state index contributed by atoms with van der Waals surface area (Å²) in [5.74, 6) is -0.821. The van der Waals surface area contributed by atoms with Gasteiger partial charge in [-0.15, -0.1) is 0 Å². The van der Waals surface area contributed by atoms with Gasteiger partial charge in [0.25, 0.3) is 0 Å². The average molecular weight is 538 g/mol. The molecule has 3 amide bonds. The molecule has 4 aliphatic rings. The SMILES string of the molecule is COCCCN1C(=O)[C@H]2[C@H](C(=O)Nc3ccc(C(C)C)cc3)[C@H]3C=C[C@@]2(O3)[C@@H]1C(=O)N[C@@H]1CCC[C@@H](C)[C@H]1C. The molecule has 1 aliphatic carbocycles. The largest absolute Gasteiger partial charge is 0.385 e. The van der Waals surface area contributed by atoms with Crippen LogP contribution in [0, 0.1) is 23.7 Å². The molecule has 2 bridgehead atoms. The summed E-state index contributed by atoms with van der Waals surface area (Å²) in [4.78, 5) is 43.2. The van der Waals surface area contributed by atoms with Crippen LogP contribution in [-0.2, 0) is 23.9 Å². The second kappa shape index (κ2) is 11.0. The lowest BCUT2D eigenvalue weighted by Crippen LogP contribution is -2.58. The van der Waals surface area contributed by atoms with Crippen molar-refractivity contribution in [3.05, 3.63) is 42.0 Å². The molecule has 5 rings (SSSR count). The van der Waals surface area contributed by atoms with Crippen molar-refractivity contribution in [2.45, 2.75) is 83.1 Å². The van der Waals surface area contributed by atoms with Gasteiger partial charge in [-0.1, -0.05) is 64.8 Å². The third-order valence-corrected chi connectivity index (χ3v) is 9.55. The number of methoxy groups -OCH3 is 1. The molecule has 3 aliphatic heterocycles. The summed E-state index contributed by atoms with van der Waals surface area (Å²) in [5, 5.41) is 6.30. The van der Waals surface area contributed by atoms with Crippen molar-refractivity contribution in [2.75, 3.05) is 25.6 Å². The fourth-order valence-corrected chi connectivity index (χ4v) is 7.11. The molecule has 8 nitrogen and oxygen atoms in total. The maximum absolute atomic E-state index is 14.0. The predicted molar refractivity (Wildman–Crippen MR) is 149 cm³/mol. The van der Waals surface area contributed by atoms with Crippen LogP contribution in [0.1, 0.15) is 64.9 Å². The predicted octanol–water partition coefficient (Wildman–Crippen LogP) is 3.88. The molecule has 1 saturated carbocycles. The van der Waals surface area contributed by atoms with Gasteiger partial charge in [0.15, 0.2) is 0 Å². The van der Waals surface area contributed by atoms with Crippen LogP contribution in [-0.4, -0.2) is 66.7 Å². The van der Waals surface area contributed by atoms with E-state index in [4.69, 9.17) is 9.47 Å². The molecule has 1 aromatic carbocycles. The number of benzene rings is 1. The molecule has 0 aromatic heterocycles. The Balaban J connectivity index is 1.40. The molecular formula is C31H43N3O5. The number of carbonyl (C=O) groups is 3. The van der Waals surface area contributed by atoms with Crippen LogP contribution in [0.15, 0.2) is 36.4 Å². The molecule has 3 heterocycles. The van der Waals surface area contributed by atoms with Crippen LogP contribution in [0.3, 0.4) is 0 Å². The normalized spacial score (nSPS) is 35.0. The van der Waals surface area contributed by atoms with Gasteiger partial charge >= 0.3 is 0 Å². The summed E-state index contributed by atoms with van der Waals surface area (Å²) >= 11 is 0. The first-order valence-corrected chi connectivity index (χ1v) is 14.6. The molecular weight excluding hydrogens is 494 g/mol. The van der Waals surface area contributed by atoms with Gasteiger partial charge in [0.2, 0.25) is 17.7 Å². The Kier molecular flexibility index (Phi) is 7.89. The van der Waals surface area contributed by atoms with Gasteiger partial charge in [0.1, 0.15) is 11.6 Å². The van der Waals surface area contributed by atoms with E-state index in [0.717, 1.165) is 19.3 Å². The molecule has 0 unspecified atom stereocenters. The minimum Gasteiger partial charge on any atom is -0.385 e. The zero-order valence-electron chi connectivity index (χ0n) is 23.8. The average Bonchev–Trinajstić information content (AvgIpc) is 3.55. The number of hydrogen-bond acceptors (Lipinski definition) is 5. The molecule has 8 heteroatoms. The summed E-state index contributed by atoms with van der Waals surface area (Å²) in [6, 6.07) is 7.03. The van der Waals surface area contributed by atoms with E-state index in [0.29, 0.717) is 43.0 Å². The molecule has 2 saturated heterocycles. The second-order valence-electron chi connectivity index (χ2n) is 12.2. The Labute approximate surface area is 231 Å². The molecule has 212 valence electrons. The van der Waals surface area contributed by atoms with E-state index in [1.54, 1.807) is 12.0 Å². The highest BCUT2D eigenvalue weighted by Gasteiger charge is 2.72. The Bertz CT molecular complexity index is 1120. The van der Waals surface area contributed by atoms with E-state index in [1.807, 2.05) is 36.4 Å². The molecule has 0 radical (unpaired) electrons. The first-order chi connectivity index (χ1) is 18.7. The first kappa shape index (κ1) is 27.8. The second-order valence-corrected chi connectivity index (χ2v) is 12.2. The highest BCUT2D eigenvalue weighted by molar-refractivity contribution is 6.02. The van der Waals surface area contributed by atoms with Crippen LogP contribution < -0.4 is 10.6 Å². The summed E-state index contributed by atoms with van der Waals surface area (Å²) in [7, 11) is 1.62. The fourth-order valence-electron chi connectivity index (χ4n) is 7.11. The number of anilines is 1. The van der Waals surface area contributed by atoms with E-state index in [9.17, 15) is 14.4 Å². The van der Waals surface area contributed by atoms with Crippen LogP contribution in [0.2, 0.25) is 0 Å². The lowest BCUT2D eigenvalue weighted by Gasteiger charge is -2.38. The fraction of sp³-hybridized carbons (Fsp3) is 0.645. The lowest BCUT2D eigenvalue weighted by atomic mass is 9.73. The maximum atomic E-state index is 14.0. The monoisotopic (exact) mass is 537 g/mol. The summed E-state index contributed by atoms with van der Waals surface area (Å²) in [6.07, 6.45) is 6.95. The van der Waals surface area contributed by atoms with Crippen molar-refractivity contribution in [2.24, 2.45) is 23.7 Å². The van der Waals surface area contributed by atoms with Crippen molar-refractivity contribution >= 4 is 23.4 Å². The smallest absolute Gasteiger partial charge is 0.246 e. The topological polar surface area (TPSA) is 97.0 Å². The van der Waals surface area contributed by atoms with Gasteiger partial charge in [0.05, 0.1) is 17.9 Å². The highest BCUT2D eigenvalue weighted by atomic mass is 16.5. The molecule has 3 fully saturated rings. The van der Waals surface area contributed by atoms with Crippen LogP contribution >= 0.6 is 0 Å². The van der Waals surface area contributed by atoms with Crippen molar-refractivity contribution in [1.82, 2.24) is 10.2 Å². The summed E-state index contributed by atoms with van der Waals surface area (Å²) in [5.41, 5.74) is 0.722.